The minimum absolute atomic E-state index is 0.175. The summed E-state index contributed by atoms with van der Waals surface area (Å²) >= 11 is 13.7. The number of hydrogen-bond donors (Lipinski definition) is 0. The van der Waals surface area contributed by atoms with Gasteiger partial charge in [0, 0.05) is 17.3 Å². The van der Waals surface area contributed by atoms with Gasteiger partial charge in [-0.1, -0.05) is 60.5 Å². The van der Waals surface area contributed by atoms with Crippen LogP contribution in [0.25, 0.3) is 10.2 Å². The van der Waals surface area contributed by atoms with Crippen molar-refractivity contribution < 1.29 is 9.53 Å². The predicted octanol–water partition coefficient (Wildman–Crippen LogP) is 6.65. The highest BCUT2D eigenvalue weighted by molar-refractivity contribution is 7.22. The Labute approximate surface area is 213 Å². The topological polar surface area (TPSA) is 60.2 Å². The number of thiazole rings is 1. The number of fused-ring (bicyclic) bond motifs is 1. The molecular formula is C25H26Cl2N4O2S. The van der Waals surface area contributed by atoms with Crippen molar-refractivity contribution in [1.82, 2.24) is 14.8 Å². The second-order valence-electron chi connectivity index (χ2n) is 8.40. The Hall–Kier alpha value is -2.61. The molecule has 0 aliphatic rings. The molecular weight excluding hydrogens is 491 g/mol. The summed E-state index contributed by atoms with van der Waals surface area (Å²) in [5.74, 6) is 0.523. The third-order valence-corrected chi connectivity index (χ3v) is 7.05. The Kier molecular flexibility index (Phi) is 7.45. The van der Waals surface area contributed by atoms with Gasteiger partial charge < -0.3 is 4.74 Å². The lowest BCUT2D eigenvalue weighted by atomic mass is 10.0. The van der Waals surface area contributed by atoms with Crippen molar-refractivity contribution in [2.45, 2.75) is 40.2 Å². The summed E-state index contributed by atoms with van der Waals surface area (Å²) in [6, 6.07) is 13.1. The molecule has 6 nitrogen and oxygen atoms in total. The van der Waals surface area contributed by atoms with Crippen LogP contribution in [0.2, 0.25) is 10.0 Å². The van der Waals surface area contributed by atoms with Gasteiger partial charge in [0.25, 0.3) is 5.91 Å². The lowest BCUT2D eigenvalue weighted by Crippen LogP contribution is -2.37. The van der Waals surface area contributed by atoms with Crippen molar-refractivity contribution in [3.8, 4) is 5.75 Å². The van der Waals surface area contributed by atoms with Gasteiger partial charge in [-0.15, -0.1) is 0 Å². The second kappa shape index (κ2) is 10.3. The van der Waals surface area contributed by atoms with Crippen LogP contribution >= 0.6 is 34.5 Å². The summed E-state index contributed by atoms with van der Waals surface area (Å²) in [7, 11) is 0. The van der Waals surface area contributed by atoms with E-state index < -0.39 is 0 Å². The maximum Gasteiger partial charge on any atom is 0.266 e. The molecule has 0 bridgehead atoms. The number of halogens is 2. The normalized spacial score (nSPS) is 11.4. The summed E-state index contributed by atoms with van der Waals surface area (Å²) < 4.78 is 8.69. The molecule has 0 atom stereocenters. The van der Waals surface area contributed by atoms with Gasteiger partial charge in [0.2, 0.25) is 0 Å². The molecule has 0 aliphatic heterocycles. The molecule has 34 heavy (non-hydrogen) atoms. The van der Waals surface area contributed by atoms with Crippen LogP contribution in [0.3, 0.4) is 0 Å². The Balaban J connectivity index is 1.62. The fourth-order valence-corrected chi connectivity index (χ4v) is 5.28. The average Bonchev–Trinajstić information content (AvgIpc) is 3.35. The molecule has 2 heterocycles. The van der Waals surface area contributed by atoms with Gasteiger partial charge in [0.05, 0.1) is 27.5 Å². The molecule has 0 spiro atoms. The lowest BCUT2D eigenvalue weighted by molar-refractivity contribution is -0.120. The number of aryl methyl sites for hydroxylation is 2. The number of benzene rings is 2. The standard InChI is InChI=1S/C25H26Cl2N4O2S/c1-15(2)19-6-5-7-22-24(19)28-25(34-22)30(10-11-31-17(4)12-16(3)29-31)23(32)14-33-21-9-8-18(26)13-20(21)27/h5-9,12-13,15H,10-11,14H2,1-4H3. The number of anilines is 1. The van der Waals surface area contributed by atoms with E-state index in [1.807, 2.05) is 36.7 Å². The Bertz CT molecular complexity index is 1330. The van der Waals surface area contributed by atoms with E-state index in [4.69, 9.17) is 32.9 Å². The number of amides is 1. The zero-order valence-electron chi connectivity index (χ0n) is 19.5. The zero-order chi connectivity index (χ0) is 24.4. The molecule has 0 radical (unpaired) electrons. The SMILES string of the molecule is Cc1cc(C)n(CCN(C(=O)COc2ccc(Cl)cc2Cl)c2nc3c(C(C)C)cccc3s2)n1. The molecule has 0 N–H and O–H groups in total. The van der Waals surface area contributed by atoms with Crippen LogP contribution < -0.4 is 9.64 Å². The van der Waals surface area contributed by atoms with Crippen molar-refractivity contribution in [2.75, 3.05) is 18.1 Å². The minimum Gasteiger partial charge on any atom is -0.482 e. The number of ether oxygens (including phenoxy) is 1. The number of aromatic nitrogens is 3. The summed E-state index contributed by atoms with van der Waals surface area (Å²) in [4.78, 5) is 19.9. The first kappa shape index (κ1) is 24.5. The van der Waals surface area contributed by atoms with Crippen LogP contribution in [0.5, 0.6) is 5.75 Å². The monoisotopic (exact) mass is 516 g/mol. The quantitative estimate of drug-likeness (QED) is 0.263. The number of nitrogens with zero attached hydrogens (tertiary/aromatic N) is 4. The fourth-order valence-electron chi connectivity index (χ4n) is 3.77. The number of carbonyl (C=O) groups is 1. The first-order valence-corrected chi connectivity index (χ1v) is 12.6. The zero-order valence-corrected chi connectivity index (χ0v) is 21.8. The number of hydrogen-bond acceptors (Lipinski definition) is 5. The smallest absolute Gasteiger partial charge is 0.266 e. The highest BCUT2D eigenvalue weighted by atomic mass is 35.5. The minimum atomic E-state index is -0.210. The molecule has 2 aromatic carbocycles. The molecule has 0 aliphatic carbocycles. The van der Waals surface area contributed by atoms with Crippen LogP contribution in [0.4, 0.5) is 5.13 Å². The van der Waals surface area contributed by atoms with E-state index >= 15 is 0 Å². The van der Waals surface area contributed by atoms with E-state index in [9.17, 15) is 4.79 Å². The molecule has 4 aromatic rings. The summed E-state index contributed by atoms with van der Waals surface area (Å²) in [6.45, 7) is 9.02. The highest BCUT2D eigenvalue weighted by Gasteiger charge is 2.22. The van der Waals surface area contributed by atoms with Crippen molar-refractivity contribution in [3.05, 3.63) is 69.5 Å². The first-order valence-electron chi connectivity index (χ1n) is 11.0. The fraction of sp³-hybridized carbons (Fsp3) is 0.320. The maximum atomic E-state index is 13.4. The highest BCUT2D eigenvalue weighted by Crippen LogP contribution is 2.34. The molecule has 0 fully saturated rings. The summed E-state index contributed by atoms with van der Waals surface area (Å²) in [5, 5.41) is 6.03. The maximum absolute atomic E-state index is 13.4. The van der Waals surface area contributed by atoms with Crippen LogP contribution in [0, 0.1) is 13.8 Å². The molecule has 0 saturated heterocycles. The van der Waals surface area contributed by atoms with Crippen LogP contribution in [0.1, 0.15) is 36.7 Å². The van der Waals surface area contributed by atoms with Gasteiger partial charge in [-0.05, 0) is 55.7 Å². The van der Waals surface area contributed by atoms with Crippen LogP contribution in [0.15, 0.2) is 42.5 Å². The van der Waals surface area contributed by atoms with Gasteiger partial charge in [0.1, 0.15) is 5.75 Å². The molecule has 0 unspecified atom stereocenters. The molecule has 9 heteroatoms. The van der Waals surface area contributed by atoms with Crippen molar-refractivity contribution in [1.29, 1.82) is 0 Å². The average molecular weight is 517 g/mol. The van der Waals surface area contributed by atoms with E-state index in [-0.39, 0.29) is 12.5 Å². The summed E-state index contributed by atoms with van der Waals surface area (Å²) in [5.41, 5.74) is 4.08. The van der Waals surface area contributed by atoms with Crippen LogP contribution in [-0.4, -0.2) is 33.8 Å². The van der Waals surface area contributed by atoms with E-state index in [0.717, 1.165) is 27.2 Å². The van der Waals surface area contributed by atoms with Gasteiger partial charge in [-0.3, -0.25) is 14.4 Å². The molecule has 178 valence electrons. The van der Waals surface area contributed by atoms with Crippen molar-refractivity contribution in [2.24, 2.45) is 0 Å². The lowest BCUT2D eigenvalue weighted by Gasteiger charge is -2.20. The van der Waals surface area contributed by atoms with Gasteiger partial charge in [-0.25, -0.2) is 4.98 Å². The van der Waals surface area contributed by atoms with E-state index in [1.165, 1.54) is 11.3 Å². The van der Waals surface area contributed by atoms with Gasteiger partial charge >= 0.3 is 0 Å². The Morgan fingerprint density at radius 2 is 1.97 bits per heavy atom. The first-order chi connectivity index (χ1) is 16.2. The summed E-state index contributed by atoms with van der Waals surface area (Å²) in [6.07, 6.45) is 0. The number of carbonyl (C=O) groups excluding carboxylic acids is 1. The van der Waals surface area contributed by atoms with Crippen LogP contribution in [-0.2, 0) is 11.3 Å². The third-order valence-electron chi connectivity index (χ3n) is 5.48. The van der Waals surface area contributed by atoms with Crippen molar-refractivity contribution >= 4 is 55.8 Å². The van der Waals surface area contributed by atoms with E-state index in [1.54, 1.807) is 23.1 Å². The number of rotatable bonds is 8. The molecule has 1 amide bonds. The molecule has 4 rings (SSSR count). The van der Waals surface area contributed by atoms with Gasteiger partial charge in [-0.2, -0.15) is 5.10 Å². The third kappa shape index (κ3) is 5.37. The Morgan fingerprint density at radius 3 is 2.65 bits per heavy atom. The van der Waals surface area contributed by atoms with E-state index in [2.05, 4.69) is 25.0 Å². The number of para-hydroxylation sites is 1. The largest absolute Gasteiger partial charge is 0.482 e. The van der Waals surface area contributed by atoms with Crippen molar-refractivity contribution in [3.63, 3.8) is 0 Å². The second-order valence-corrected chi connectivity index (χ2v) is 10.3. The van der Waals surface area contributed by atoms with Gasteiger partial charge in [0.15, 0.2) is 11.7 Å². The van der Waals surface area contributed by atoms with E-state index in [0.29, 0.717) is 39.9 Å². The molecule has 0 saturated carbocycles. The Morgan fingerprint density at radius 1 is 1.18 bits per heavy atom. The predicted molar refractivity (Wildman–Crippen MR) is 140 cm³/mol. The molecule has 2 aromatic heterocycles.